The van der Waals surface area contributed by atoms with Crippen molar-refractivity contribution in [3.8, 4) is 0 Å². The van der Waals surface area contributed by atoms with E-state index in [4.69, 9.17) is 0 Å². The minimum Gasteiger partial charge on any atom is -0.207 e. The monoisotopic (exact) mass is 351 g/mol. The van der Waals surface area contributed by atoms with Crippen molar-refractivity contribution in [1.82, 2.24) is 4.72 Å². The normalized spacial score (nSPS) is 19.9. The number of thiophene rings is 1. The summed E-state index contributed by atoms with van der Waals surface area (Å²) in [6.07, 6.45) is 6.00. The summed E-state index contributed by atoms with van der Waals surface area (Å²) in [6.45, 7) is 1.98. The lowest BCUT2D eigenvalue weighted by Crippen LogP contribution is -2.38. The number of sulfonamides is 1. The molecule has 1 heterocycles. The molecule has 0 aromatic carbocycles. The van der Waals surface area contributed by atoms with Crippen molar-refractivity contribution in [3.63, 3.8) is 0 Å². The predicted octanol–water partition coefficient (Wildman–Crippen LogP) is 3.76. The molecule has 1 saturated carbocycles. The molecule has 1 aromatic rings. The highest BCUT2D eigenvalue weighted by Gasteiger charge is 2.26. The molecular weight excluding hydrogens is 334 g/mol. The first-order chi connectivity index (χ1) is 8.50. The number of hydrogen-bond acceptors (Lipinski definition) is 3. The van der Waals surface area contributed by atoms with Gasteiger partial charge in [-0.25, -0.2) is 13.1 Å². The van der Waals surface area contributed by atoms with Crippen molar-refractivity contribution in [3.05, 3.63) is 15.9 Å². The summed E-state index contributed by atoms with van der Waals surface area (Å²) in [4.78, 5) is 0. The van der Waals surface area contributed by atoms with E-state index in [1.807, 2.05) is 6.92 Å². The van der Waals surface area contributed by atoms with Crippen LogP contribution in [0.2, 0.25) is 0 Å². The molecule has 6 heteroatoms. The van der Waals surface area contributed by atoms with E-state index in [2.05, 4.69) is 20.7 Å². The van der Waals surface area contributed by atoms with Crippen LogP contribution in [0.15, 0.2) is 20.1 Å². The van der Waals surface area contributed by atoms with Crippen molar-refractivity contribution in [2.24, 2.45) is 5.92 Å². The summed E-state index contributed by atoms with van der Waals surface area (Å²) in [5.41, 5.74) is 0. The minimum atomic E-state index is -3.37. The van der Waals surface area contributed by atoms with Crippen LogP contribution in [0.4, 0.5) is 0 Å². The largest absolute Gasteiger partial charge is 0.251 e. The van der Waals surface area contributed by atoms with Crippen LogP contribution in [-0.2, 0) is 10.0 Å². The Hall–Kier alpha value is 0.0900. The Morgan fingerprint density at radius 2 is 2.06 bits per heavy atom. The quantitative estimate of drug-likeness (QED) is 0.897. The maximum Gasteiger partial charge on any atom is 0.251 e. The van der Waals surface area contributed by atoms with Gasteiger partial charge in [-0.15, -0.1) is 11.3 Å². The Bertz CT molecular complexity index is 492. The van der Waals surface area contributed by atoms with E-state index in [0.29, 0.717) is 14.6 Å². The van der Waals surface area contributed by atoms with Crippen LogP contribution in [-0.4, -0.2) is 14.5 Å². The molecule has 1 unspecified atom stereocenters. The summed E-state index contributed by atoms with van der Waals surface area (Å²) in [6, 6.07) is 1.79. The second kappa shape index (κ2) is 6.03. The molecule has 1 N–H and O–H groups in total. The molecule has 0 aliphatic heterocycles. The lowest BCUT2D eigenvalue weighted by Gasteiger charge is -2.27. The first kappa shape index (κ1) is 14.5. The fraction of sp³-hybridized carbons (Fsp3) is 0.667. The van der Waals surface area contributed by atoms with E-state index in [9.17, 15) is 8.42 Å². The molecule has 0 spiro atoms. The van der Waals surface area contributed by atoms with E-state index in [1.165, 1.54) is 30.6 Å². The topological polar surface area (TPSA) is 46.2 Å². The third-order valence-electron chi connectivity index (χ3n) is 3.53. The van der Waals surface area contributed by atoms with Gasteiger partial charge in [-0.05, 0) is 53.1 Å². The van der Waals surface area contributed by atoms with Crippen LogP contribution >= 0.6 is 27.3 Å². The van der Waals surface area contributed by atoms with Crippen LogP contribution in [0.3, 0.4) is 0 Å². The van der Waals surface area contributed by atoms with Crippen molar-refractivity contribution >= 4 is 37.3 Å². The minimum absolute atomic E-state index is 0.0179. The standard InChI is InChI=1S/C12H18BrNO2S2/c1-9(10-5-3-2-4-6-10)14-18(15,16)12-11(13)7-8-17-12/h7-10,14H,2-6H2,1H3. The highest BCUT2D eigenvalue weighted by atomic mass is 79.9. The molecule has 0 amide bonds. The van der Waals surface area contributed by atoms with Gasteiger partial charge in [0, 0.05) is 10.5 Å². The van der Waals surface area contributed by atoms with Gasteiger partial charge in [-0.2, -0.15) is 0 Å². The fourth-order valence-corrected chi connectivity index (χ4v) is 6.17. The first-order valence-corrected chi connectivity index (χ1v) is 9.41. The molecule has 1 aliphatic carbocycles. The zero-order valence-corrected chi connectivity index (χ0v) is 13.6. The first-order valence-electron chi connectivity index (χ1n) is 6.26. The molecule has 0 saturated heterocycles. The molecule has 0 bridgehead atoms. The van der Waals surface area contributed by atoms with Gasteiger partial charge in [0.05, 0.1) is 0 Å². The lowest BCUT2D eigenvalue weighted by molar-refractivity contribution is 0.303. The van der Waals surface area contributed by atoms with Gasteiger partial charge in [0.1, 0.15) is 4.21 Å². The van der Waals surface area contributed by atoms with E-state index < -0.39 is 10.0 Å². The molecule has 2 rings (SSSR count). The lowest BCUT2D eigenvalue weighted by atomic mass is 9.85. The smallest absolute Gasteiger partial charge is 0.207 e. The number of rotatable bonds is 4. The zero-order chi connectivity index (χ0) is 13.2. The molecule has 1 fully saturated rings. The van der Waals surface area contributed by atoms with Gasteiger partial charge >= 0.3 is 0 Å². The number of nitrogens with one attached hydrogen (secondary N) is 1. The molecule has 18 heavy (non-hydrogen) atoms. The Labute approximate surface area is 121 Å². The molecule has 102 valence electrons. The van der Waals surface area contributed by atoms with Crippen molar-refractivity contribution < 1.29 is 8.42 Å². The SMILES string of the molecule is CC(NS(=O)(=O)c1sccc1Br)C1CCCCC1. The molecule has 3 nitrogen and oxygen atoms in total. The second-order valence-corrected chi connectivity index (χ2v) is 8.54. The van der Waals surface area contributed by atoms with Gasteiger partial charge < -0.3 is 0 Å². The summed E-state index contributed by atoms with van der Waals surface area (Å²) in [5, 5.41) is 1.78. The number of halogens is 1. The van der Waals surface area contributed by atoms with Crippen LogP contribution in [0.1, 0.15) is 39.0 Å². The van der Waals surface area contributed by atoms with E-state index in [0.717, 1.165) is 12.8 Å². The summed E-state index contributed by atoms with van der Waals surface area (Å²) in [7, 11) is -3.37. The highest BCUT2D eigenvalue weighted by Crippen LogP contribution is 2.30. The van der Waals surface area contributed by atoms with Gasteiger partial charge in [0.2, 0.25) is 0 Å². The Kier molecular flexibility index (Phi) is 4.86. The third-order valence-corrected chi connectivity index (χ3v) is 7.76. The van der Waals surface area contributed by atoms with E-state index >= 15 is 0 Å². The second-order valence-electron chi connectivity index (χ2n) is 4.86. The van der Waals surface area contributed by atoms with Crippen LogP contribution in [0, 0.1) is 5.92 Å². The van der Waals surface area contributed by atoms with Gasteiger partial charge in [-0.1, -0.05) is 19.3 Å². The van der Waals surface area contributed by atoms with Crippen molar-refractivity contribution in [2.75, 3.05) is 0 Å². The molecule has 1 aromatic heterocycles. The van der Waals surface area contributed by atoms with Gasteiger partial charge in [0.25, 0.3) is 10.0 Å². The maximum absolute atomic E-state index is 12.2. The van der Waals surface area contributed by atoms with E-state index in [-0.39, 0.29) is 6.04 Å². The Morgan fingerprint density at radius 1 is 1.39 bits per heavy atom. The molecule has 0 radical (unpaired) electrons. The van der Waals surface area contributed by atoms with Gasteiger partial charge in [0.15, 0.2) is 0 Å². The zero-order valence-electron chi connectivity index (χ0n) is 10.4. The Balaban J connectivity index is 2.06. The average molecular weight is 352 g/mol. The summed E-state index contributed by atoms with van der Waals surface area (Å²) in [5.74, 6) is 0.479. The molecule has 1 atom stereocenters. The van der Waals surface area contributed by atoms with E-state index in [1.54, 1.807) is 11.4 Å². The molecule has 1 aliphatic rings. The maximum atomic E-state index is 12.2. The number of hydrogen-bond donors (Lipinski definition) is 1. The van der Waals surface area contributed by atoms with Crippen LogP contribution < -0.4 is 4.72 Å². The van der Waals surface area contributed by atoms with Crippen LogP contribution in [0.5, 0.6) is 0 Å². The Morgan fingerprint density at radius 3 is 2.61 bits per heavy atom. The fourth-order valence-electron chi connectivity index (χ4n) is 2.50. The van der Waals surface area contributed by atoms with Gasteiger partial charge in [-0.3, -0.25) is 0 Å². The highest BCUT2D eigenvalue weighted by molar-refractivity contribution is 9.10. The summed E-state index contributed by atoms with van der Waals surface area (Å²) >= 11 is 4.53. The average Bonchev–Trinajstić information content (AvgIpc) is 2.77. The summed E-state index contributed by atoms with van der Waals surface area (Å²) < 4.78 is 28.3. The third kappa shape index (κ3) is 3.35. The predicted molar refractivity (Wildman–Crippen MR) is 78.4 cm³/mol. The van der Waals surface area contributed by atoms with Crippen molar-refractivity contribution in [2.45, 2.75) is 49.3 Å². The molecular formula is C12H18BrNO2S2. The van der Waals surface area contributed by atoms with Crippen molar-refractivity contribution in [1.29, 1.82) is 0 Å². The van der Waals surface area contributed by atoms with Crippen LogP contribution in [0.25, 0.3) is 0 Å².